The van der Waals surface area contributed by atoms with Crippen LogP contribution in [0.25, 0.3) is 11.3 Å². The van der Waals surface area contributed by atoms with Gasteiger partial charge in [-0.2, -0.15) is 0 Å². The number of nitrogens with zero attached hydrogens (tertiary/aromatic N) is 2. The number of aromatic nitrogens is 2. The average molecular weight is 219 g/mol. The van der Waals surface area contributed by atoms with Crippen LogP contribution in [0.4, 0.5) is 4.39 Å². The van der Waals surface area contributed by atoms with E-state index in [0.29, 0.717) is 6.54 Å². The first kappa shape index (κ1) is 10.8. The Balaban J connectivity index is 2.60. The maximum absolute atomic E-state index is 13.1. The molecule has 0 atom stereocenters. The highest BCUT2D eigenvalue weighted by Crippen LogP contribution is 2.23. The van der Waals surface area contributed by atoms with Gasteiger partial charge >= 0.3 is 0 Å². The van der Waals surface area contributed by atoms with E-state index in [1.807, 2.05) is 24.6 Å². The van der Waals surface area contributed by atoms with E-state index < -0.39 is 0 Å². The van der Waals surface area contributed by atoms with Gasteiger partial charge in [0.15, 0.2) is 0 Å². The molecule has 0 unspecified atom stereocenters. The van der Waals surface area contributed by atoms with Crippen molar-refractivity contribution in [1.82, 2.24) is 9.55 Å². The molecule has 0 aliphatic carbocycles. The number of rotatable bonds is 2. The number of halogens is 1. The highest BCUT2D eigenvalue weighted by atomic mass is 19.1. The Morgan fingerprint density at radius 2 is 2.19 bits per heavy atom. The molecule has 4 heteroatoms. The van der Waals surface area contributed by atoms with Crippen molar-refractivity contribution in [2.45, 2.75) is 13.5 Å². The van der Waals surface area contributed by atoms with Crippen LogP contribution in [0.1, 0.15) is 11.5 Å². The summed E-state index contributed by atoms with van der Waals surface area (Å²) in [4.78, 5) is 4.41. The molecule has 16 heavy (non-hydrogen) atoms. The Bertz CT molecular complexity index is 517. The van der Waals surface area contributed by atoms with Gasteiger partial charge in [0.25, 0.3) is 0 Å². The number of hydrogen-bond donors (Lipinski definition) is 1. The van der Waals surface area contributed by atoms with Crippen LogP contribution >= 0.6 is 0 Å². The molecular formula is C12H14FN3. The molecule has 3 nitrogen and oxygen atoms in total. The van der Waals surface area contributed by atoms with Crippen molar-refractivity contribution in [2.75, 3.05) is 0 Å². The number of benzene rings is 1. The normalized spacial score (nSPS) is 10.8. The quantitative estimate of drug-likeness (QED) is 0.839. The van der Waals surface area contributed by atoms with Gasteiger partial charge in [-0.25, -0.2) is 9.37 Å². The van der Waals surface area contributed by atoms with E-state index in [0.717, 1.165) is 22.8 Å². The molecule has 84 valence electrons. The Labute approximate surface area is 93.7 Å². The van der Waals surface area contributed by atoms with Gasteiger partial charge in [0.1, 0.15) is 11.6 Å². The van der Waals surface area contributed by atoms with Crippen molar-refractivity contribution in [2.24, 2.45) is 12.8 Å². The van der Waals surface area contributed by atoms with Gasteiger partial charge in [-0.05, 0) is 19.1 Å². The fourth-order valence-corrected chi connectivity index (χ4v) is 1.76. The zero-order valence-corrected chi connectivity index (χ0v) is 9.37. The second-order valence-electron chi connectivity index (χ2n) is 3.73. The third-order valence-corrected chi connectivity index (χ3v) is 2.73. The summed E-state index contributed by atoms with van der Waals surface area (Å²) in [5.41, 5.74) is 8.14. The van der Waals surface area contributed by atoms with E-state index in [-0.39, 0.29) is 5.82 Å². The number of nitrogens with two attached hydrogens (primary N) is 1. The molecule has 1 heterocycles. The summed E-state index contributed by atoms with van der Waals surface area (Å²) in [5, 5.41) is 0. The summed E-state index contributed by atoms with van der Waals surface area (Å²) < 4.78 is 15.1. The molecule has 0 radical (unpaired) electrons. The topological polar surface area (TPSA) is 43.8 Å². The molecule has 0 amide bonds. The minimum Gasteiger partial charge on any atom is -0.334 e. The molecule has 2 rings (SSSR count). The highest BCUT2D eigenvalue weighted by molar-refractivity contribution is 5.62. The molecule has 0 saturated carbocycles. The maximum atomic E-state index is 13.1. The van der Waals surface area contributed by atoms with Crippen molar-refractivity contribution in [1.29, 1.82) is 0 Å². The van der Waals surface area contributed by atoms with Gasteiger partial charge < -0.3 is 10.3 Å². The molecule has 0 saturated heterocycles. The molecule has 0 bridgehead atoms. The number of imidazole rings is 1. The van der Waals surface area contributed by atoms with Crippen LogP contribution in [-0.4, -0.2) is 9.55 Å². The first-order valence-corrected chi connectivity index (χ1v) is 5.11. The lowest BCUT2D eigenvalue weighted by molar-refractivity contribution is 0.628. The van der Waals surface area contributed by atoms with Crippen molar-refractivity contribution in [3.63, 3.8) is 0 Å². The van der Waals surface area contributed by atoms with Crippen molar-refractivity contribution in [3.05, 3.63) is 41.6 Å². The van der Waals surface area contributed by atoms with E-state index in [9.17, 15) is 4.39 Å². The molecule has 2 N–H and O–H groups in total. The Morgan fingerprint density at radius 1 is 1.44 bits per heavy atom. The third-order valence-electron chi connectivity index (χ3n) is 2.73. The fraction of sp³-hybridized carbons (Fsp3) is 0.250. The Morgan fingerprint density at radius 3 is 2.81 bits per heavy atom. The molecule has 2 aromatic rings. The smallest absolute Gasteiger partial charge is 0.123 e. The van der Waals surface area contributed by atoms with E-state index >= 15 is 0 Å². The average Bonchev–Trinajstić information content (AvgIpc) is 2.55. The fourth-order valence-electron chi connectivity index (χ4n) is 1.76. The van der Waals surface area contributed by atoms with Crippen molar-refractivity contribution >= 4 is 0 Å². The van der Waals surface area contributed by atoms with Crippen LogP contribution in [0.3, 0.4) is 0 Å². The first-order valence-electron chi connectivity index (χ1n) is 5.11. The Hall–Kier alpha value is -1.68. The second kappa shape index (κ2) is 4.06. The number of aryl methyl sites for hydroxylation is 1. The predicted molar refractivity (Wildman–Crippen MR) is 61.2 cm³/mol. The van der Waals surface area contributed by atoms with Crippen LogP contribution in [-0.2, 0) is 13.6 Å². The minimum atomic E-state index is -0.260. The lowest BCUT2D eigenvalue weighted by Crippen LogP contribution is -2.05. The van der Waals surface area contributed by atoms with Gasteiger partial charge in [0.2, 0.25) is 0 Å². The van der Waals surface area contributed by atoms with Crippen LogP contribution in [0, 0.1) is 12.7 Å². The molecule has 0 aliphatic rings. The largest absolute Gasteiger partial charge is 0.334 e. The number of hydrogen-bond acceptors (Lipinski definition) is 2. The minimum absolute atomic E-state index is 0.260. The van der Waals surface area contributed by atoms with E-state index in [4.69, 9.17) is 5.73 Å². The predicted octanol–water partition coefficient (Wildman–Crippen LogP) is 1.99. The van der Waals surface area contributed by atoms with Gasteiger partial charge in [0.05, 0.1) is 11.4 Å². The van der Waals surface area contributed by atoms with Gasteiger partial charge in [-0.15, -0.1) is 0 Å². The van der Waals surface area contributed by atoms with Crippen molar-refractivity contribution < 1.29 is 4.39 Å². The van der Waals surface area contributed by atoms with Crippen LogP contribution in [0.2, 0.25) is 0 Å². The zero-order chi connectivity index (χ0) is 11.7. The zero-order valence-electron chi connectivity index (χ0n) is 9.37. The molecule has 0 fully saturated rings. The summed E-state index contributed by atoms with van der Waals surface area (Å²) in [6, 6.07) is 6.40. The molecular weight excluding hydrogens is 205 g/mol. The van der Waals surface area contributed by atoms with Crippen LogP contribution < -0.4 is 5.73 Å². The van der Waals surface area contributed by atoms with Crippen molar-refractivity contribution in [3.8, 4) is 11.3 Å². The molecule has 0 spiro atoms. The monoisotopic (exact) mass is 219 g/mol. The Kier molecular flexibility index (Phi) is 2.75. The summed E-state index contributed by atoms with van der Waals surface area (Å²) in [5.74, 6) is 0.614. The third kappa shape index (κ3) is 1.72. The standard InChI is InChI=1S/C12H14FN3/c1-8-15-12(11(7-14)16(8)2)9-4-3-5-10(13)6-9/h3-6H,7,14H2,1-2H3. The summed E-state index contributed by atoms with van der Waals surface area (Å²) in [7, 11) is 1.91. The molecule has 1 aromatic heterocycles. The molecule has 0 aliphatic heterocycles. The SMILES string of the molecule is Cc1nc(-c2cccc(F)c2)c(CN)n1C. The van der Waals surface area contributed by atoms with E-state index in [1.54, 1.807) is 6.07 Å². The van der Waals surface area contributed by atoms with Gasteiger partial charge in [-0.3, -0.25) is 0 Å². The summed E-state index contributed by atoms with van der Waals surface area (Å²) in [6.45, 7) is 2.30. The van der Waals surface area contributed by atoms with Crippen LogP contribution in [0.15, 0.2) is 24.3 Å². The van der Waals surface area contributed by atoms with Gasteiger partial charge in [-0.1, -0.05) is 12.1 Å². The maximum Gasteiger partial charge on any atom is 0.123 e. The molecule has 1 aromatic carbocycles. The highest BCUT2D eigenvalue weighted by Gasteiger charge is 2.12. The lowest BCUT2D eigenvalue weighted by Gasteiger charge is -2.03. The van der Waals surface area contributed by atoms with E-state index in [1.165, 1.54) is 12.1 Å². The first-order chi connectivity index (χ1) is 7.63. The van der Waals surface area contributed by atoms with Crippen LogP contribution in [0.5, 0.6) is 0 Å². The van der Waals surface area contributed by atoms with E-state index in [2.05, 4.69) is 4.98 Å². The second-order valence-corrected chi connectivity index (χ2v) is 3.73. The summed E-state index contributed by atoms with van der Waals surface area (Å²) in [6.07, 6.45) is 0. The summed E-state index contributed by atoms with van der Waals surface area (Å²) >= 11 is 0. The lowest BCUT2D eigenvalue weighted by atomic mass is 10.1. The van der Waals surface area contributed by atoms with Gasteiger partial charge in [0, 0.05) is 19.2 Å².